The molecule has 0 saturated carbocycles. The third-order valence-electron chi connectivity index (χ3n) is 3.96. The molecule has 0 atom stereocenters. The first-order chi connectivity index (χ1) is 10.7. The van der Waals surface area contributed by atoms with E-state index >= 15 is 0 Å². The molecule has 0 radical (unpaired) electrons. The van der Waals surface area contributed by atoms with Crippen LogP contribution >= 0.6 is 0 Å². The molecule has 22 heavy (non-hydrogen) atoms. The van der Waals surface area contributed by atoms with Crippen LogP contribution < -0.4 is 9.80 Å². The molecular weight excluding hydrogens is 285 g/mol. The first kappa shape index (κ1) is 12.9. The van der Waals surface area contributed by atoms with E-state index in [1.165, 1.54) is 12.5 Å². The molecule has 3 aromatic heterocycles. The Bertz CT molecular complexity index is 812. The van der Waals surface area contributed by atoms with Gasteiger partial charge >= 0.3 is 0 Å². The fourth-order valence-electron chi connectivity index (χ4n) is 2.60. The van der Waals surface area contributed by atoms with Crippen LogP contribution in [0.15, 0.2) is 37.1 Å². The average Bonchev–Trinajstić information content (AvgIpc) is 2.93. The Morgan fingerprint density at radius 2 is 2.14 bits per heavy atom. The first-order valence-electron chi connectivity index (χ1n) is 6.96. The van der Waals surface area contributed by atoms with Crippen molar-refractivity contribution in [2.45, 2.75) is 6.04 Å². The van der Waals surface area contributed by atoms with Crippen molar-refractivity contribution in [2.75, 3.05) is 29.9 Å². The number of fused-ring (bicyclic) bond motifs is 1. The molecule has 0 spiro atoms. The number of rotatable bonds is 3. The number of hydrogen-bond donors (Lipinski definition) is 0. The van der Waals surface area contributed by atoms with Crippen molar-refractivity contribution in [3.05, 3.63) is 42.9 Å². The zero-order valence-corrected chi connectivity index (χ0v) is 12.0. The van der Waals surface area contributed by atoms with Crippen LogP contribution in [0.1, 0.15) is 0 Å². The maximum Gasteiger partial charge on any atom is 0.183 e. The van der Waals surface area contributed by atoms with Gasteiger partial charge in [-0.2, -0.15) is 0 Å². The lowest BCUT2D eigenvalue weighted by atomic mass is 10.1. The summed E-state index contributed by atoms with van der Waals surface area (Å²) in [4.78, 5) is 15.8. The predicted molar refractivity (Wildman–Crippen MR) is 79.4 cm³/mol. The van der Waals surface area contributed by atoms with E-state index in [2.05, 4.69) is 25.0 Å². The molecule has 0 bridgehead atoms. The molecule has 0 N–H and O–H groups in total. The van der Waals surface area contributed by atoms with Crippen molar-refractivity contribution in [3.63, 3.8) is 0 Å². The van der Waals surface area contributed by atoms with Gasteiger partial charge < -0.3 is 9.80 Å². The molecule has 112 valence electrons. The van der Waals surface area contributed by atoms with Crippen molar-refractivity contribution >= 4 is 17.3 Å². The maximum atomic E-state index is 13.7. The van der Waals surface area contributed by atoms with Gasteiger partial charge in [0.1, 0.15) is 12.1 Å². The van der Waals surface area contributed by atoms with Crippen molar-refractivity contribution in [2.24, 2.45) is 0 Å². The minimum absolute atomic E-state index is 0.199. The van der Waals surface area contributed by atoms with E-state index in [0.717, 1.165) is 24.6 Å². The monoisotopic (exact) mass is 299 g/mol. The largest absolute Gasteiger partial charge is 0.351 e. The lowest BCUT2D eigenvalue weighted by Crippen LogP contribution is -2.59. The molecular formula is C14H14FN7. The minimum Gasteiger partial charge on any atom is -0.351 e. The normalized spacial score (nSPS) is 15.1. The van der Waals surface area contributed by atoms with Crippen LogP contribution in [-0.2, 0) is 0 Å². The van der Waals surface area contributed by atoms with Gasteiger partial charge in [-0.15, -0.1) is 5.10 Å². The van der Waals surface area contributed by atoms with E-state index in [1.807, 2.05) is 30.3 Å². The quantitative estimate of drug-likeness (QED) is 0.718. The minimum atomic E-state index is -0.401. The molecule has 0 aliphatic carbocycles. The van der Waals surface area contributed by atoms with Gasteiger partial charge in [-0.3, -0.25) is 0 Å². The zero-order chi connectivity index (χ0) is 15.1. The van der Waals surface area contributed by atoms with Crippen LogP contribution in [0.2, 0.25) is 0 Å². The third-order valence-corrected chi connectivity index (χ3v) is 3.96. The van der Waals surface area contributed by atoms with Crippen molar-refractivity contribution in [1.82, 2.24) is 24.6 Å². The molecule has 0 unspecified atom stereocenters. The highest BCUT2D eigenvalue weighted by Gasteiger charge is 2.32. The summed E-state index contributed by atoms with van der Waals surface area (Å²) in [5.74, 6) is 0.817. The average molecular weight is 299 g/mol. The van der Waals surface area contributed by atoms with E-state index in [4.69, 9.17) is 0 Å². The van der Waals surface area contributed by atoms with Crippen LogP contribution in [-0.4, -0.2) is 50.7 Å². The Morgan fingerprint density at radius 3 is 2.95 bits per heavy atom. The van der Waals surface area contributed by atoms with Crippen LogP contribution in [0.3, 0.4) is 0 Å². The summed E-state index contributed by atoms with van der Waals surface area (Å²) >= 11 is 0. The number of anilines is 2. The summed E-state index contributed by atoms with van der Waals surface area (Å²) in [6, 6.07) is 4.08. The topological polar surface area (TPSA) is 62.5 Å². The summed E-state index contributed by atoms with van der Waals surface area (Å²) in [5.41, 5.74) is 0.820. The van der Waals surface area contributed by atoms with Crippen LogP contribution in [0.25, 0.3) is 5.65 Å². The second-order valence-electron chi connectivity index (χ2n) is 5.29. The lowest BCUT2D eigenvalue weighted by Gasteiger charge is -2.44. The molecule has 1 aliphatic rings. The second-order valence-corrected chi connectivity index (χ2v) is 5.29. The fourth-order valence-corrected chi connectivity index (χ4v) is 2.60. The molecule has 1 fully saturated rings. The Balaban J connectivity index is 1.48. The summed E-state index contributed by atoms with van der Waals surface area (Å²) < 4.78 is 15.5. The SMILES string of the molecule is CN(c1ncncc1F)C1CN(c2ccc3nccn3n2)C1. The third kappa shape index (κ3) is 2.03. The van der Waals surface area contributed by atoms with Gasteiger partial charge in [0.2, 0.25) is 0 Å². The van der Waals surface area contributed by atoms with E-state index < -0.39 is 5.82 Å². The predicted octanol–water partition coefficient (Wildman–Crippen LogP) is 0.983. The molecule has 1 saturated heterocycles. The van der Waals surface area contributed by atoms with E-state index in [9.17, 15) is 4.39 Å². The first-order valence-corrected chi connectivity index (χ1v) is 6.96. The van der Waals surface area contributed by atoms with Gasteiger partial charge in [0.05, 0.1) is 12.2 Å². The van der Waals surface area contributed by atoms with Crippen molar-refractivity contribution in [3.8, 4) is 0 Å². The number of halogens is 1. The molecule has 3 aromatic rings. The Morgan fingerprint density at radius 1 is 1.27 bits per heavy atom. The Kier molecular flexibility index (Phi) is 2.88. The van der Waals surface area contributed by atoms with Gasteiger partial charge in [0.15, 0.2) is 17.3 Å². The number of likely N-dealkylation sites (N-methyl/N-ethyl adjacent to an activating group) is 1. The van der Waals surface area contributed by atoms with Gasteiger partial charge in [-0.25, -0.2) is 23.9 Å². The maximum absolute atomic E-state index is 13.7. The van der Waals surface area contributed by atoms with Crippen molar-refractivity contribution in [1.29, 1.82) is 0 Å². The molecule has 7 nitrogen and oxygen atoms in total. The van der Waals surface area contributed by atoms with E-state index in [0.29, 0.717) is 5.82 Å². The summed E-state index contributed by atoms with van der Waals surface area (Å²) in [6.07, 6.45) is 6.08. The summed E-state index contributed by atoms with van der Waals surface area (Å²) in [7, 11) is 1.85. The number of imidazole rings is 1. The van der Waals surface area contributed by atoms with Crippen LogP contribution in [0, 0.1) is 5.82 Å². The van der Waals surface area contributed by atoms with Gasteiger partial charge in [-0.05, 0) is 12.1 Å². The van der Waals surface area contributed by atoms with Gasteiger partial charge in [0, 0.05) is 32.5 Å². The van der Waals surface area contributed by atoms with Gasteiger partial charge in [-0.1, -0.05) is 0 Å². The highest BCUT2D eigenvalue weighted by atomic mass is 19.1. The zero-order valence-electron chi connectivity index (χ0n) is 12.0. The Hall–Kier alpha value is -2.77. The second kappa shape index (κ2) is 4.90. The van der Waals surface area contributed by atoms with Crippen molar-refractivity contribution < 1.29 is 4.39 Å². The van der Waals surface area contributed by atoms with E-state index in [-0.39, 0.29) is 6.04 Å². The van der Waals surface area contributed by atoms with Crippen LogP contribution in [0.5, 0.6) is 0 Å². The van der Waals surface area contributed by atoms with E-state index in [1.54, 1.807) is 10.7 Å². The summed E-state index contributed by atoms with van der Waals surface area (Å²) in [5, 5.41) is 4.50. The molecule has 1 aliphatic heterocycles. The number of nitrogens with zero attached hydrogens (tertiary/aromatic N) is 7. The highest BCUT2D eigenvalue weighted by Crippen LogP contribution is 2.25. The molecule has 4 rings (SSSR count). The molecule has 8 heteroatoms. The fraction of sp³-hybridized carbons (Fsp3) is 0.286. The van der Waals surface area contributed by atoms with Gasteiger partial charge in [0.25, 0.3) is 0 Å². The summed E-state index contributed by atoms with van der Waals surface area (Å²) in [6.45, 7) is 1.54. The van der Waals surface area contributed by atoms with Crippen LogP contribution in [0.4, 0.5) is 16.0 Å². The molecule has 4 heterocycles. The lowest BCUT2D eigenvalue weighted by molar-refractivity contribution is 0.478. The highest BCUT2D eigenvalue weighted by molar-refractivity contribution is 5.50. The number of aromatic nitrogens is 5. The molecule has 0 aromatic carbocycles. The molecule has 0 amide bonds. The smallest absolute Gasteiger partial charge is 0.183 e. The Labute approximate surface area is 126 Å². The standard InChI is InChI=1S/C14H14FN7/c1-20(14-11(15)6-16-9-18-14)10-7-21(8-10)13-3-2-12-17-4-5-22(12)19-13/h2-6,9-10H,7-8H2,1H3. The number of hydrogen-bond acceptors (Lipinski definition) is 6.